The molecule has 1 saturated carbocycles. The highest BCUT2D eigenvalue weighted by Gasteiger charge is 2.30. The lowest BCUT2D eigenvalue weighted by atomic mass is 9.74. The summed E-state index contributed by atoms with van der Waals surface area (Å²) in [6.45, 7) is 0. The largest absolute Gasteiger partial charge is 0.508 e. The second-order valence-electron chi connectivity index (χ2n) is 12.8. The van der Waals surface area contributed by atoms with Crippen LogP contribution in [-0.2, 0) is 12.8 Å². The Labute approximate surface area is 288 Å². The molecule has 1 atom stereocenters. The van der Waals surface area contributed by atoms with Crippen molar-refractivity contribution in [3.8, 4) is 16.9 Å². The number of hydrogen-bond acceptors (Lipinski definition) is 5. The van der Waals surface area contributed by atoms with Crippen LogP contribution < -0.4 is 5.63 Å². The van der Waals surface area contributed by atoms with E-state index in [9.17, 15) is 9.18 Å². The summed E-state index contributed by atoms with van der Waals surface area (Å²) in [5, 5.41) is 9.71. The number of aromatic nitrogens is 1. The van der Waals surface area contributed by atoms with Crippen LogP contribution in [0.25, 0.3) is 34.2 Å². The lowest BCUT2D eigenvalue weighted by Crippen LogP contribution is -2.13. The van der Waals surface area contributed by atoms with Gasteiger partial charge in [0, 0.05) is 38.6 Å². The summed E-state index contributed by atoms with van der Waals surface area (Å²) in [5.41, 5.74) is 11.5. The molecule has 49 heavy (non-hydrogen) atoms. The molecule has 6 heteroatoms. The number of pyridine rings is 1. The van der Waals surface area contributed by atoms with E-state index in [0.717, 1.165) is 47.4 Å². The fourth-order valence-corrected chi connectivity index (χ4v) is 8.09. The zero-order chi connectivity index (χ0) is 33.3. The van der Waals surface area contributed by atoms with E-state index in [0.29, 0.717) is 11.8 Å². The molecule has 4 aromatic carbocycles. The van der Waals surface area contributed by atoms with E-state index in [2.05, 4.69) is 89.4 Å². The minimum Gasteiger partial charge on any atom is -0.508 e. The zero-order valence-corrected chi connectivity index (χ0v) is 27.6. The molecule has 1 fully saturated rings. The lowest BCUT2D eigenvalue weighted by Gasteiger charge is -2.29. The summed E-state index contributed by atoms with van der Waals surface area (Å²) in [7, 11) is 0. The van der Waals surface area contributed by atoms with Gasteiger partial charge < -0.3 is 9.52 Å². The van der Waals surface area contributed by atoms with Crippen molar-refractivity contribution in [3.63, 3.8) is 0 Å². The maximum absolute atomic E-state index is 13.8. The van der Waals surface area contributed by atoms with Gasteiger partial charge in [-0.25, -0.2) is 9.18 Å². The van der Waals surface area contributed by atoms with Gasteiger partial charge in [-0.2, -0.15) is 0 Å². The van der Waals surface area contributed by atoms with E-state index in [1.54, 1.807) is 23.9 Å². The average Bonchev–Trinajstić information content (AvgIpc) is 3.98. The highest BCUT2D eigenvalue weighted by molar-refractivity contribution is 7.99. The van der Waals surface area contributed by atoms with Crippen LogP contribution in [0.2, 0.25) is 0 Å². The van der Waals surface area contributed by atoms with E-state index in [4.69, 9.17) is 10.1 Å². The summed E-state index contributed by atoms with van der Waals surface area (Å²) in [5.74, 6) is 0.520. The molecule has 0 amide bonds. The topological polar surface area (TPSA) is 63.3 Å². The molecule has 4 nitrogen and oxygen atoms in total. The van der Waals surface area contributed by atoms with Gasteiger partial charge in [-0.05, 0) is 95.8 Å². The highest BCUT2D eigenvalue weighted by Crippen LogP contribution is 2.48. The smallest absolute Gasteiger partial charge is 0.339 e. The van der Waals surface area contributed by atoms with Crippen molar-refractivity contribution in [3.05, 3.63) is 165 Å². The number of nitrogens with zero attached hydrogens (tertiary/aromatic N) is 1. The SMILES string of the molecule is Fc1ccc(Sc2c(/C=C/C3Cc4c(ccc5c4CCC=C5)-c4ccccc43)c(C3CC3)nc3ccccc23)cc1.O=c1cc(O)cco1. The minimum atomic E-state index is -0.537. The fraction of sp³-hybridized carbons (Fsp3) is 0.163. The highest BCUT2D eigenvalue weighted by atomic mass is 32.2. The maximum atomic E-state index is 13.8. The van der Waals surface area contributed by atoms with Gasteiger partial charge in [-0.1, -0.05) is 90.7 Å². The Balaban J connectivity index is 0.000000385. The van der Waals surface area contributed by atoms with E-state index in [1.807, 2.05) is 12.1 Å². The molecule has 6 aromatic rings. The number of rotatable bonds is 5. The number of para-hydroxylation sites is 1. The van der Waals surface area contributed by atoms with Gasteiger partial charge in [0.25, 0.3) is 0 Å². The Kier molecular flexibility index (Phi) is 8.48. The van der Waals surface area contributed by atoms with Crippen LogP contribution >= 0.6 is 11.8 Å². The molecule has 9 rings (SSSR count). The first-order valence-electron chi connectivity index (χ1n) is 16.7. The van der Waals surface area contributed by atoms with Gasteiger partial charge >= 0.3 is 5.63 Å². The molecule has 2 heterocycles. The second-order valence-corrected chi connectivity index (χ2v) is 13.8. The van der Waals surface area contributed by atoms with Crippen LogP contribution in [0, 0.1) is 5.82 Å². The zero-order valence-electron chi connectivity index (χ0n) is 26.8. The van der Waals surface area contributed by atoms with Crippen LogP contribution in [0.15, 0.2) is 134 Å². The summed E-state index contributed by atoms with van der Waals surface area (Å²) in [6.07, 6.45) is 16.2. The number of benzene rings is 4. The first-order chi connectivity index (χ1) is 24.0. The molecule has 3 aliphatic rings. The van der Waals surface area contributed by atoms with Crippen molar-refractivity contribution in [2.24, 2.45) is 0 Å². The molecule has 3 aliphatic carbocycles. The Morgan fingerprint density at radius 3 is 2.51 bits per heavy atom. The van der Waals surface area contributed by atoms with Crippen molar-refractivity contribution in [2.45, 2.75) is 53.7 Å². The monoisotopic (exact) mass is 663 g/mol. The first-order valence-corrected chi connectivity index (χ1v) is 17.6. The molecular weight excluding hydrogens is 630 g/mol. The summed E-state index contributed by atoms with van der Waals surface area (Å²) >= 11 is 1.73. The second kappa shape index (κ2) is 13.4. The number of aromatic hydroxyl groups is 1. The van der Waals surface area contributed by atoms with Crippen LogP contribution in [-0.4, -0.2) is 10.1 Å². The fourth-order valence-electron chi connectivity index (χ4n) is 7.01. The molecule has 0 radical (unpaired) electrons. The quantitative estimate of drug-likeness (QED) is 0.199. The van der Waals surface area contributed by atoms with E-state index >= 15 is 0 Å². The number of allylic oxidation sites excluding steroid dienone is 2. The van der Waals surface area contributed by atoms with Crippen LogP contribution in [0.1, 0.15) is 64.6 Å². The Hall–Kier alpha value is -5.20. The predicted octanol–water partition coefficient (Wildman–Crippen LogP) is 10.7. The number of fused-ring (bicyclic) bond motifs is 6. The predicted molar refractivity (Wildman–Crippen MR) is 196 cm³/mol. The van der Waals surface area contributed by atoms with E-state index < -0.39 is 5.63 Å². The van der Waals surface area contributed by atoms with Crippen LogP contribution in [0.3, 0.4) is 0 Å². The molecule has 242 valence electrons. The Morgan fingerprint density at radius 1 is 0.898 bits per heavy atom. The summed E-state index contributed by atoms with van der Waals surface area (Å²) in [6, 6.07) is 31.2. The van der Waals surface area contributed by atoms with E-state index in [-0.39, 0.29) is 11.6 Å². The number of halogens is 1. The van der Waals surface area contributed by atoms with Gasteiger partial charge in [0.1, 0.15) is 11.6 Å². The third-order valence-corrected chi connectivity index (χ3v) is 10.6. The summed E-state index contributed by atoms with van der Waals surface area (Å²) in [4.78, 5) is 17.6. The van der Waals surface area contributed by atoms with Crippen molar-refractivity contribution < 1.29 is 13.9 Å². The first kappa shape index (κ1) is 31.1. The minimum absolute atomic E-state index is 0.0683. The van der Waals surface area contributed by atoms with Gasteiger partial charge in [0.05, 0.1) is 23.5 Å². The molecular formula is C43H34FNO3S. The third kappa shape index (κ3) is 6.49. The van der Waals surface area contributed by atoms with Crippen LogP contribution in [0.5, 0.6) is 5.75 Å². The van der Waals surface area contributed by atoms with Crippen LogP contribution in [0.4, 0.5) is 4.39 Å². The lowest BCUT2D eigenvalue weighted by molar-refractivity contribution is 0.447. The molecule has 0 aliphatic heterocycles. The van der Waals surface area contributed by atoms with Gasteiger partial charge in [-0.3, -0.25) is 4.98 Å². The van der Waals surface area contributed by atoms with E-state index in [1.165, 1.54) is 68.4 Å². The Bertz CT molecular complexity index is 2300. The molecule has 0 saturated heterocycles. The number of hydrogen-bond donors (Lipinski definition) is 1. The molecule has 1 unspecified atom stereocenters. The van der Waals surface area contributed by atoms with Gasteiger partial charge in [-0.15, -0.1) is 0 Å². The maximum Gasteiger partial charge on any atom is 0.339 e. The van der Waals surface area contributed by atoms with Crippen molar-refractivity contribution >= 4 is 34.8 Å². The van der Waals surface area contributed by atoms with Gasteiger partial charge in [0.15, 0.2) is 0 Å². The Morgan fingerprint density at radius 2 is 1.71 bits per heavy atom. The molecule has 1 N–H and O–H groups in total. The normalized spacial score (nSPS) is 16.1. The van der Waals surface area contributed by atoms with Gasteiger partial charge in [0.2, 0.25) is 0 Å². The standard InChI is InChI=1S/C38H30FNS.C5H4O3/c39-27-17-19-28(20-18-27)41-38-33-11-5-6-12-36(33)40-37(25-13-14-25)34(38)22-16-26-23-35-29-8-2-1-7-24(29)15-21-32(35)31-10-4-3-9-30(26)31;6-4-1-2-8-5(7)3-4/h1,3-7,9-12,15-22,25-26H,2,8,13-14,23H2;1-3,6H/b22-16+;. The molecule has 2 aromatic heterocycles. The molecule has 0 bridgehead atoms. The van der Waals surface area contributed by atoms with Crippen molar-refractivity contribution in [2.75, 3.05) is 0 Å². The third-order valence-electron chi connectivity index (χ3n) is 9.49. The average molecular weight is 664 g/mol. The molecule has 0 spiro atoms. The van der Waals surface area contributed by atoms with Crippen molar-refractivity contribution in [1.82, 2.24) is 4.98 Å². The van der Waals surface area contributed by atoms with Crippen molar-refractivity contribution in [1.29, 1.82) is 0 Å². The summed E-state index contributed by atoms with van der Waals surface area (Å²) < 4.78 is 18.1.